The lowest BCUT2D eigenvalue weighted by molar-refractivity contribution is 0.794. The zero-order valence-electron chi connectivity index (χ0n) is 30.1. The summed E-state index contributed by atoms with van der Waals surface area (Å²) in [5.41, 5.74) is 14.8. The Morgan fingerprint density at radius 3 is 1.57 bits per heavy atom. The summed E-state index contributed by atoms with van der Waals surface area (Å²) < 4.78 is 2.58. The van der Waals surface area contributed by atoms with E-state index in [0.29, 0.717) is 17.5 Å². The lowest BCUT2D eigenvalue weighted by atomic mass is 9.69. The maximum Gasteiger partial charge on any atom is 0.164 e. The third-order valence-electron chi connectivity index (χ3n) is 11.8. The minimum atomic E-state index is -0.530. The number of aromatic nitrogens is 3. The molecule has 0 saturated heterocycles. The maximum atomic E-state index is 5.42. The molecule has 12 rings (SSSR count). The standard InChI is InChI=1S/C52H31N3S/c1-2-15-32(16-3-1)49-53-50(34-18-12-17-33(31-34)35-23-13-25-41-39-22-7-11-30-46(39)56-48(35)41)55-51(54-49)42-26-14-24-40-38-21-6-10-29-45(38)52(47(40)42)43-27-8-4-19-36(43)37-20-5-9-28-44(37)52/h1-31H. The van der Waals surface area contributed by atoms with Crippen LogP contribution in [0.1, 0.15) is 22.3 Å². The molecule has 260 valence electrons. The number of rotatable bonds is 4. The third kappa shape index (κ3) is 4.36. The highest BCUT2D eigenvalue weighted by Gasteiger charge is 2.52. The Morgan fingerprint density at radius 1 is 0.339 bits per heavy atom. The molecule has 0 radical (unpaired) electrons. The van der Waals surface area contributed by atoms with Crippen LogP contribution in [-0.4, -0.2) is 15.0 Å². The molecule has 0 bridgehead atoms. The molecule has 0 aliphatic heterocycles. The smallest absolute Gasteiger partial charge is 0.164 e. The van der Waals surface area contributed by atoms with Crippen molar-refractivity contribution < 1.29 is 0 Å². The van der Waals surface area contributed by atoms with E-state index in [1.54, 1.807) is 0 Å². The van der Waals surface area contributed by atoms with Gasteiger partial charge in [0.05, 0.1) is 5.41 Å². The average molecular weight is 730 g/mol. The quantitative estimate of drug-likeness (QED) is 0.181. The van der Waals surface area contributed by atoms with E-state index in [1.165, 1.54) is 70.2 Å². The van der Waals surface area contributed by atoms with E-state index < -0.39 is 5.41 Å². The van der Waals surface area contributed by atoms with Gasteiger partial charge < -0.3 is 0 Å². The zero-order valence-corrected chi connectivity index (χ0v) is 31.0. The van der Waals surface area contributed by atoms with Crippen molar-refractivity contribution in [3.63, 3.8) is 0 Å². The van der Waals surface area contributed by atoms with Gasteiger partial charge in [-0.3, -0.25) is 0 Å². The maximum absolute atomic E-state index is 5.42. The summed E-state index contributed by atoms with van der Waals surface area (Å²) in [6.45, 7) is 0. The largest absolute Gasteiger partial charge is 0.208 e. The number of hydrogen-bond acceptors (Lipinski definition) is 4. The number of fused-ring (bicyclic) bond motifs is 13. The molecule has 3 nitrogen and oxygen atoms in total. The summed E-state index contributed by atoms with van der Waals surface area (Å²) in [5, 5.41) is 2.58. The number of thiophene rings is 1. The molecule has 0 unspecified atom stereocenters. The fourth-order valence-electron chi connectivity index (χ4n) is 9.48. The zero-order chi connectivity index (χ0) is 36.8. The Morgan fingerprint density at radius 2 is 0.821 bits per heavy atom. The first-order chi connectivity index (χ1) is 27.8. The van der Waals surface area contributed by atoms with Crippen molar-refractivity contribution in [3.05, 3.63) is 210 Å². The van der Waals surface area contributed by atoms with Gasteiger partial charge in [0.1, 0.15) is 0 Å². The van der Waals surface area contributed by atoms with E-state index >= 15 is 0 Å². The monoisotopic (exact) mass is 729 g/mol. The van der Waals surface area contributed by atoms with Crippen LogP contribution in [-0.2, 0) is 5.41 Å². The SMILES string of the molecule is c1ccc(-c2nc(-c3cccc(-c4cccc5c4sc4ccccc45)c3)nc(-c3cccc4c3C3(c5ccccc5-c5ccccc53)c3ccccc3-4)n2)cc1. The average Bonchev–Trinajstić information content (AvgIpc) is 3.91. The first-order valence-electron chi connectivity index (χ1n) is 19.0. The van der Waals surface area contributed by atoms with E-state index in [9.17, 15) is 0 Å². The van der Waals surface area contributed by atoms with Gasteiger partial charge in [-0.2, -0.15) is 0 Å². The van der Waals surface area contributed by atoms with E-state index in [-0.39, 0.29) is 0 Å². The Bertz CT molecular complexity index is 3150. The van der Waals surface area contributed by atoms with Crippen molar-refractivity contribution >= 4 is 31.5 Å². The third-order valence-corrected chi connectivity index (χ3v) is 13.0. The van der Waals surface area contributed by atoms with Gasteiger partial charge in [0.15, 0.2) is 17.5 Å². The molecular weight excluding hydrogens is 699 g/mol. The van der Waals surface area contributed by atoms with Crippen LogP contribution in [0.5, 0.6) is 0 Å². The molecule has 8 aromatic carbocycles. The van der Waals surface area contributed by atoms with Gasteiger partial charge in [0.25, 0.3) is 0 Å². The Labute approximate surface area is 328 Å². The second kappa shape index (κ2) is 12.0. The van der Waals surface area contributed by atoms with Crippen LogP contribution < -0.4 is 0 Å². The first-order valence-corrected chi connectivity index (χ1v) is 19.8. The van der Waals surface area contributed by atoms with Crippen molar-refractivity contribution in [2.24, 2.45) is 0 Å². The highest BCUT2D eigenvalue weighted by Crippen LogP contribution is 2.64. The number of hydrogen-bond donors (Lipinski definition) is 0. The number of benzene rings is 8. The van der Waals surface area contributed by atoms with Crippen molar-refractivity contribution in [3.8, 4) is 67.5 Å². The minimum absolute atomic E-state index is 0.530. The molecule has 56 heavy (non-hydrogen) atoms. The second-order valence-electron chi connectivity index (χ2n) is 14.6. The molecule has 4 heteroatoms. The fourth-order valence-corrected chi connectivity index (χ4v) is 10.7. The van der Waals surface area contributed by atoms with Gasteiger partial charge in [0, 0.05) is 36.9 Å². The van der Waals surface area contributed by atoms with Crippen LogP contribution in [0, 0.1) is 0 Å². The first kappa shape index (κ1) is 31.4. The molecule has 0 amide bonds. The molecule has 2 aliphatic rings. The van der Waals surface area contributed by atoms with E-state index in [0.717, 1.165) is 22.3 Å². The second-order valence-corrected chi connectivity index (χ2v) is 15.7. The van der Waals surface area contributed by atoms with Gasteiger partial charge >= 0.3 is 0 Å². The molecule has 2 aromatic heterocycles. The van der Waals surface area contributed by atoms with Crippen LogP contribution in [0.25, 0.3) is 87.7 Å². The number of nitrogens with zero attached hydrogens (tertiary/aromatic N) is 3. The predicted molar refractivity (Wildman–Crippen MR) is 231 cm³/mol. The van der Waals surface area contributed by atoms with E-state index in [2.05, 4.69) is 170 Å². The summed E-state index contributed by atoms with van der Waals surface area (Å²) in [4.78, 5) is 16.0. The highest BCUT2D eigenvalue weighted by molar-refractivity contribution is 7.26. The lowest BCUT2D eigenvalue weighted by Gasteiger charge is -2.31. The molecule has 0 saturated carbocycles. The molecule has 10 aromatic rings. The lowest BCUT2D eigenvalue weighted by Crippen LogP contribution is -2.26. The van der Waals surface area contributed by atoms with Gasteiger partial charge in [-0.05, 0) is 67.8 Å². The van der Waals surface area contributed by atoms with Crippen LogP contribution in [0.4, 0.5) is 0 Å². The molecule has 1 spiro atoms. The normalized spacial score (nSPS) is 13.1. The Hall–Kier alpha value is -7.01. The summed E-state index contributed by atoms with van der Waals surface area (Å²) >= 11 is 1.85. The van der Waals surface area contributed by atoms with Crippen molar-refractivity contribution in [2.45, 2.75) is 5.41 Å². The predicted octanol–water partition coefficient (Wildman–Crippen LogP) is 13.3. The summed E-state index contributed by atoms with van der Waals surface area (Å²) in [6.07, 6.45) is 0. The fraction of sp³-hybridized carbons (Fsp3) is 0.0192. The Kier molecular flexibility index (Phi) is 6.72. The van der Waals surface area contributed by atoms with Crippen LogP contribution in [0.3, 0.4) is 0 Å². The minimum Gasteiger partial charge on any atom is -0.208 e. The molecule has 0 fully saturated rings. The van der Waals surface area contributed by atoms with Crippen LogP contribution in [0.2, 0.25) is 0 Å². The molecule has 0 N–H and O–H groups in total. The summed E-state index contributed by atoms with van der Waals surface area (Å²) in [6, 6.07) is 67.7. The van der Waals surface area contributed by atoms with Crippen LogP contribution in [0.15, 0.2) is 188 Å². The van der Waals surface area contributed by atoms with Gasteiger partial charge in [0.2, 0.25) is 0 Å². The molecule has 2 heterocycles. The van der Waals surface area contributed by atoms with Crippen molar-refractivity contribution in [1.29, 1.82) is 0 Å². The summed E-state index contributed by atoms with van der Waals surface area (Å²) in [5.74, 6) is 1.96. The molecular formula is C52H31N3S. The van der Waals surface area contributed by atoms with E-state index in [1.807, 2.05) is 29.5 Å². The van der Waals surface area contributed by atoms with Crippen LogP contribution >= 0.6 is 11.3 Å². The Balaban J connectivity index is 1.11. The van der Waals surface area contributed by atoms with Gasteiger partial charge in [-0.25, -0.2) is 15.0 Å². The molecule has 0 atom stereocenters. The highest BCUT2D eigenvalue weighted by atomic mass is 32.1. The topological polar surface area (TPSA) is 38.7 Å². The van der Waals surface area contributed by atoms with Gasteiger partial charge in [-0.1, -0.05) is 176 Å². The molecule has 2 aliphatic carbocycles. The van der Waals surface area contributed by atoms with Crippen molar-refractivity contribution in [2.75, 3.05) is 0 Å². The van der Waals surface area contributed by atoms with Gasteiger partial charge in [-0.15, -0.1) is 11.3 Å². The van der Waals surface area contributed by atoms with E-state index in [4.69, 9.17) is 15.0 Å². The summed E-state index contributed by atoms with van der Waals surface area (Å²) in [7, 11) is 0. The van der Waals surface area contributed by atoms with Crippen molar-refractivity contribution in [1.82, 2.24) is 15.0 Å².